The number of hydrogen-bond acceptors (Lipinski definition) is 2. The summed E-state index contributed by atoms with van der Waals surface area (Å²) in [4.78, 5) is 12.3. The number of benzene rings is 1. The number of amides is 1. The number of nitrogens with one attached hydrogen (secondary N) is 2. The molecule has 2 unspecified atom stereocenters. The van der Waals surface area contributed by atoms with Crippen molar-refractivity contribution in [2.75, 3.05) is 0 Å². The van der Waals surface area contributed by atoms with Crippen LogP contribution >= 0.6 is 28.3 Å². The third kappa shape index (κ3) is 3.35. The first-order valence-electron chi connectivity index (χ1n) is 6.95. The monoisotopic (exact) mass is 358 g/mol. The molecule has 0 saturated carbocycles. The first-order chi connectivity index (χ1) is 9.11. The van der Waals surface area contributed by atoms with Gasteiger partial charge in [0.05, 0.1) is 0 Å². The highest BCUT2D eigenvalue weighted by atomic mass is 79.9. The van der Waals surface area contributed by atoms with E-state index in [9.17, 15) is 4.79 Å². The Bertz CT molecular complexity index is 497. The van der Waals surface area contributed by atoms with E-state index in [1.54, 1.807) is 0 Å². The normalized spacial score (nSPS) is 27.8. The van der Waals surface area contributed by atoms with Crippen molar-refractivity contribution in [3.63, 3.8) is 0 Å². The average Bonchev–Trinajstić information content (AvgIpc) is 2.68. The van der Waals surface area contributed by atoms with Gasteiger partial charge >= 0.3 is 0 Å². The molecule has 2 fully saturated rings. The van der Waals surface area contributed by atoms with E-state index < -0.39 is 0 Å². The molecule has 1 aromatic carbocycles. The third-order valence-electron chi connectivity index (χ3n) is 4.24. The Morgan fingerprint density at radius 1 is 1.30 bits per heavy atom. The minimum Gasteiger partial charge on any atom is -0.349 e. The highest BCUT2D eigenvalue weighted by Gasteiger charge is 2.34. The maximum absolute atomic E-state index is 12.3. The Hall–Kier alpha value is -0.580. The van der Waals surface area contributed by atoms with Crippen LogP contribution in [0.2, 0.25) is 0 Å². The predicted molar refractivity (Wildman–Crippen MR) is 86.6 cm³/mol. The van der Waals surface area contributed by atoms with Gasteiger partial charge in [-0.05, 0) is 56.4 Å². The van der Waals surface area contributed by atoms with E-state index in [0.717, 1.165) is 28.4 Å². The highest BCUT2D eigenvalue weighted by Crippen LogP contribution is 2.27. The molecule has 3 nitrogen and oxygen atoms in total. The molecule has 0 aromatic heterocycles. The number of carbonyl (C=O) groups is 1. The predicted octanol–water partition coefficient (Wildman–Crippen LogP) is 3.19. The topological polar surface area (TPSA) is 41.1 Å². The third-order valence-corrected chi connectivity index (χ3v) is 4.73. The van der Waals surface area contributed by atoms with Crippen molar-refractivity contribution in [1.29, 1.82) is 0 Å². The van der Waals surface area contributed by atoms with Gasteiger partial charge in [-0.1, -0.05) is 15.9 Å². The zero-order valence-electron chi connectivity index (χ0n) is 11.5. The summed E-state index contributed by atoms with van der Waals surface area (Å²) in [5.74, 6) is 0.0660. The summed E-state index contributed by atoms with van der Waals surface area (Å²) in [6, 6.07) is 7.35. The molecule has 1 aromatic rings. The number of rotatable bonds is 2. The van der Waals surface area contributed by atoms with Gasteiger partial charge in [0.2, 0.25) is 0 Å². The molecule has 2 aliphatic heterocycles. The van der Waals surface area contributed by atoms with E-state index in [1.165, 1.54) is 12.8 Å². The molecule has 0 radical (unpaired) electrons. The highest BCUT2D eigenvalue weighted by molar-refractivity contribution is 9.10. The minimum absolute atomic E-state index is 0. The van der Waals surface area contributed by atoms with Gasteiger partial charge in [0.15, 0.2) is 0 Å². The lowest BCUT2D eigenvalue weighted by atomic mass is 9.99. The molecule has 0 spiro atoms. The lowest BCUT2D eigenvalue weighted by Gasteiger charge is -2.29. The van der Waals surface area contributed by atoms with Crippen LogP contribution in [0.5, 0.6) is 0 Å². The van der Waals surface area contributed by atoms with Gasteiger partial charge in [0, 0.05) is 28.2 Å². The quantitative estimate of drug-likeness (QED) is 0.851. The molecule has 2 heterocycles. The Morgan fingerprint density at radius 3 is 2.55 bits per heavy atom. The van der Waals surface area contributed by atoms with E-state index in [1.807, 2.05) is 25.1 Å². The van der Waals surface area contributed by atoms with Crippen molar-refractivity contribution in [3.05, 3.63) is 33.8 Å². The first-order valence-corrected chi connectivity index (χ1v) is 7.74. The lowest BCUT2D eigenvalue weighted by molar-refractivity contribution is 0.0923. The molecule has 110 valence electrons. The maximum atomic E-state index is 12.3. The molecule has 5 heteroatoms. The molecular weight excluding hydrogens is 340 g/mol. The van der Waals surface area contributed by atoms with Gasteiger partial charge in [-0.2, -0.15) is 0 Å². The van der Waals surface area contributed by atoms with Gasteiger partial charge in [-0.25, -0.2) is 0 Å². The van der Waals surface area contributed by atoms with Crippen LogP contribution in [0.1, 0.15) is 41.6 Å². The molecule has 2 atom stereocenters. The van der Waals surface area contributed by atoms with Crippen LogP contribution in [-0.4, -0.2) is 24.0 Å². The van der Waals surface area contributed by atoms with Crippen molar-refractivity contribution in [1.82, 2.24) is 10.6 Å². The SMILES string of the molecule is Cc1cc(Br)ccc1C(=O)NC1CC2CCC(C1)N2.Cl. The van der Waals surface area contributed by atoms with Crippen LogP contribution in [-0.2, 0) is 0 Å². The molecule has 2 bridgehead atoms. The van der Waals surface area contributed by atoms with Gasteiger partial charge in [-0.3, -0.25) is 4.79 Å². The number of carbonyl (C=O) groups excluding carboxylic acids is 1. The van der Waals surface area contributed by atoms with E-state index >= 15 is 0 Å². The standard InChI is InChI=1S/C15H19BrN2O.ClH/c1-9-6-10(16)2-5-14(9)15(19)18-13-7-11-3-4-12(8-13)17-11;/h2,5-6,11-13,17H,3-4,7-8H2,1H3,(H,18,19);1H. The molecule has 20 heavy (non-hydrogen) atoms. The molecule has 1 amide bonds. The number of fused-ring (bicyclic) bond motifs is 2. The maximum Gasteiger partial charge on any atom is 0.251 e. The van der Waals surface area contributed by atoms with Crippen molar-refractivity contribution < 1.29 is 4.79 Å². The summed E-state index contributed by atoms with van der Waals surface area (Å²) >= 11 is 3.43. The second kappa shape index (κ2) is 6.46. The summed E-state index contributed by atoms with van der Waals surface area (Å²) in [6.45, 7) is 1.98. The fraction of sp³-hybridized carbons (Fsp3) is 0.533. The fourth-order valence-electron chi connectivity index (χ4n) is 3.32. The number of halogens is 2. The van der Waals surface area contributed by atoms with E-state index in [-0.39, 0.29) is 18.3 Å². The first kappa shape index (κ1) is 15.8. The van der Waals surface area contributed by atoms with Gasteiger partial charge in [-0.15, -0.1) is 12.4 Å². The summed E-state index contributed by atoms with van der Waals surface area (Å²) in [7, 11) is 0. The van der Waals surface area contributed by atoms with E-state index in [4.69, 9.17) is 0 Å². The second-order valence-corrected chi connectivity index (χ2v) is 6.65. The minimum atomic E-state index is 0. The van der Waals surface area contributed by atoms with E-state index in [2.05, 4.69) is 26.6 Å². The summed E-state index contributed by atoms with van der Waals surface area (Å²) < 4.78 is 1.02. The van der Waals surface area contributed by atoms with Crippen molar-refractivity contribution >= 4 is 34.2 Å². The van der Waals surface area contributed by atoms with Crippen LogP contribution in [0, 0.1) is 6.92 Å². The lowest BCUT2D eigenvalue weighted by Crippen LogP contribution is -2.48. The Morgan fingerprint density at radius 2 is 1.95 bits per heavy atom. The number of piperidine rings is 1. The van der Waals surface area contributed by atoms with Gasteiger partial charge in [0.25, 0.3) is 5.91 Å². The van der Waals surface area contributed by atoms with Crippen molar-refractivity contribution in [2.24, 2.45) is 0 Å². The van der Waals surface area contributed by atoms with Gasteiger partial charge < -0.3 is 10.6 Å². The molecule has 3 rings (SSSR count). The fourth-order valence-corrected chi connectivity index (χ4v) is 3.80. The smallest absolute Gasteiger partial charge is 0.251 e. The molecule has 2 N–H and O–H groups in total. The Balaban J connectivity index is 0.00000147. The average molecular weight is 360 g/mol. The molecular formula is C15H20BrClN2O. The molecule has 2 aliphatic rings. The summed E-state index contributed by atoms with van der Waals surface area (Å²) in [6.07, 6.45) is 4.65. The van der Waals surface area contributed by atoms with Crippen LogP contribution in [0.4, 0.5) is 0 Å². The Labute approximate surface area is 134 Å². The van der Waals surface area contributed by atoms with Crippen LogP contribution in [0.25, 0.3) is 0 Å². The van der Waals surface area contributed by atoms with Crippen molar-refractivity contribution in [3.8, 4) is 0 Å². The second-order valence-electron chi connectivity index (χ2n) is 5.74. The Kier molecular flexibility index (Phi) is 5.10. The number of aryl methyl sites for hydroxylation is 1. The van der Waals surface area contributed by atoms with Crippen LogP contribution in [0.3, 0.4) is 0 Å². The van der Waals surface area contributed by atoms with Gasteiger partial charge in [0.1, 0.15) is 0 Å². The molecule has 0 aliphatic carbocycles. The summed E-state index contributed by atoms with van der Waals surface area (Å²) in [5.41, 5.74) is 1.80. The molecule has 2 saturated heterocycles. The van der Waals surface area contributed by atoms with Crippen LogP contribution in [0.15, 0.2) is 22.7 Å². The van der Waals surface area contributed by atoms with E-state index in [0.29, 0.717) is 18.1 Å². The zero-order valence-corrected chi connectivity index (χ0v) is 13.9. The summed E-state index contributed by atoms with van der Waals surface area (Å²) in [5, 5.41) is 6.80. The largest absolute Gasteiger partial charge is 0.349 e. The zero-order chi connectivity index (χ0) is 13.4. The van der Waals surface area contributed by atoms with Crippen molar-refractivity contribution in [2.45, 2.75) is 50.7 Å². The number of hydrogen-bond donors (Lipinski definition) is 2. The van der Waals surface area contributed by atoms with Crippen LogP contribution < -0.4 is 10.6 Å².